The van der Waals surface area contributed by atoms with Crippen LogP contribution < -0.4 is 0 Å². The zero-order valence-electron chi connectivity index (χ0n) is 12.2. The Morgan fingerprint density at radius 2 is 1.50 bits per heavy atom. The van der Waals surface area contributed by atoms with E-state index in [-0.39, 0.29) is 5.97 Å². The lowest BCUT2D eigenvalue weighted by Crippen LogP contribution is -2.08. The maximum atomic E-state index is 11.8. The number of hydrogen-bond donors (Lipinski definition) is 0. The zero-order valence-corrected chi connectivity index (χ0v) is 12.2. The quantitative estimate of drug-likeness (QED) is 0.419. The van der Waals surface area contributed by atoms with Crippen LogP contribution in [0.25, 0.3) is 0 Å². The van der Waals surface area contributed by atoms with Crippen LogP contribution in [-0.4, -0.2) is 12.6 Å². The molecule has 0 aromatic carbocycles. The van der Waals surface area contributed by atoms with E-state index in [1.165, 1.54) is 49.7 Å². The van der Waals surface area contributed by atoms with Gasteiger partial charge in [0.2, 0.25) is 0 Å². The SMILES string of the molecule is CCCCCCC1=C(CCCC)[C]1C(=O)OCC. The van der Waals surface area contributed by atoms with E-state index >= 15 is 0 Å². The molecule has 0 unspecified atom stereocenters. The van der Waals surface area contributed by atoms with Crippen molar-refractivity contribution in [3.63, 3.8) is 0 Å². The van der Waals surface area contributed by atoms with Gasteiger partial charge < -0.3 is 4.74 Å². The molecule has 2 heteroatoms. The van der Waals surface area contributed by atoms with Gasteiger partial charge >= 0.3 is 5.97 Å². The highest BCUT2D eigenvalue weighted by Gasteiger charge is 2.42. The molecule has 0 fully saturated rings. The molecular formula is C16H27O2. The third-order valence-corrected chi connectivity index (χ3v) is 3.45. The minimum atomic E-state index is -0.0888. The Bertz CT molecular complexity index is 291. The summed E-state index contributed by atoms with van der Waals surface area (Å²) in [4.78, 5) is 11.8. The van der Waals surface area contributed by atoms with Crippen molar-refractivity contribution in [2.24, 2.45) is 0 Å². The number of hydrogen-bond acceptors (Lipinski definition) is 2. The van der Waals surface area contributed by atoms with Crippen molar-refractivity contribution in [1.29, 1.82) is 0 Å². The number of unbranched alkanes of at least 4 members (excludes halogenated alkanes) is 4. The zero-order chi connectivity index (χ0) is 13.4. The Morgan fingerprint density at radius 1 is 0.889 bits per heavy atom. The number of esters is 1. The Morgan fingerprint density at radius 3 is 2.06 bits per heavy atom. The fourth-order valence-corrected chi connectivity index (χ4v) is 2.35. The Kier molecular flexibility index (Phi) is 7.07. The third-order valence-electron chi connectivity index (χ3n) is 3.45. The highest BCUT2D eigenvalue weighted by atomic mass is 16.5. The summed E-state index contributed by atoms with van der Waals surface area (Å²) < 4.78 is 5.12. The van der Waals surface area contributed by atoms with Crippen LogP contribution in [0.2, 0.25) is 0 Å². The van der Waals surface area contributed by atoms with E-state index < -0.39 is 0 Å². The minimum Gasteiger partial charge on any atom is -0.465 e. The van der Waals surface area contributed by atoms with E-state index in [1.54, 1.807) is 0 Å². The van der Waals surface area contributed by atoms with Crippen molar-refractivity contribution in [1.82, 2.24) is 0 Å². The molecule has 0 N–H and O–H groups in total. The van der Waals surface area contributed by atoms with Crippen molar-refractivity contribution in [3.05, 3.63) is 17.1 Å². The van der Waals surface area contributed by atoms with Gasteiger partial charge in [-0.25, -0.2) is 0 Å². The molecule has 103 valence electrons. The van der Waals surface area contributed by atoms with E-state index in [4.69, 9.17) is 4.74 Å². The number of rotatable bonds is 10. The van der Waals surface area contributed by atoms with Gasteiger partial charge in [-0.15, -0.1) is 0 Å². The van der Waals surface area contributed by atoms with Crippen LogP contribution in [0.1, 0.15) is 72.1 Å². The summed E-state index contributed by atoms with van der Waals surface area (Å²) in [6.45, 7) is 6.76. The molecule has 1 radical (unpaired) electrons. The Balaban J connectivity index is 2.37. The highest BCUT2D eigenvalue weighted by molar-refractivity contribution is 6.02. The lowest BCUT2D eigenvalue weighted by molar-refractivity contribution is -0.139. The summed E-state index contributed by atoms with van der Waals surface area (Å²) in [5.74, 6) is 0.843. The molecular weight excluding hydrogens is 224 g/mol. The summed E-state index contributed by atoms with van der Waals surface area (Å²) in [6.07, 6.45) is 9.54. The maximum Gasteiger partial charge on any atom is 0.322 e. The molecule has 18 heavy (non-hydrogen) atoms. The third kappa shape index (κ3) is 4.47. The number of ether oxygens (including phenoxy) is 1. The molecule has 1 aliphatic carbocycles. The molecule has 0 saturated carbocycles. The molecule has 1 aliphatic rings. The van der Waals surface area contributed by atoms with Crippen molar-refractivity contribution in [2.45, 2.75) is 72.1 Å². The van der Waals surface area contributed by atoms with E-state index in [1.807, 2.05) is 6.92 Å². The average molecular weight is 251 g/mol. The standard InChI is InChI=1S/C16H27O2/c1-4-7-9-10-12-14-13(11-8-5-2)15(14)16(17)18-6-3/h4-12H2,1-3H3. The molecule has 0 aromatic heterocycles. The molecule has 0 atom stereocenters. The fourth-order valence-electron chi connectivity index (χ4n) is 2.35. The normalized spacial score (nSPS) is 15.1. The van der Waals surface area contributed by atoms with Crippen LogP contribution in [0.3, 0.4) is 0 Å². The summed E-state index contributed by atoms with van der Waals surface area (Å²) in [5.41, 5.74) is 2.63. The van der Waals surface area contributed by atoms with E-state index in [0.29, 0.717) is 6.61 Å². The second kappa shape index (κ2) is 8.34. The van der Waals surface area contributed by atoms with Gasteiger partial charge in [-0.3, -0.25) is 4.79 Å². The van der Waals surface area contributed by atoms with Gasteiger partial charge in [-0.1, -0.05) is 39.5 Å². The second-order valence-corrected chi connectivity index (χ2v) is 4.97. The predicted molar refractivity (Wildman–Crippen MR) is 75.2 cm³/mol. The molecule has 0 saturated heterocycles. The van der Waals surface area contributed by atoms with Gasteiger partial charge in [-0.2, -0.15) is 0 Å². The monoisotopic (exact) mass is 251 g/mol. The molecule has 0 aromatic rings. The molecule has 0 spiro atoms. The lowest BCUT2D eigenvalue weighted by Gasteiger charge is -2.01. The minimum absolute atomic E-state index is 0.0888. The van der Waals surface area contributed by atoms with Crippen LogP contribution >= 0.6 is 0 Å². The van der Waals surface area contributed by atoms with Gasteiger partial charge in [0.15, 0.2) is 0 Å². The van der Waals surface area contributed by atoms with Crippen LogP contribution in [-0.2, 0) is 9.53 Å². The first-order valence-corrected chi connectivity index (χ1v) is 7.53. The maximum absolute atomic E-state index is 11.8. The average Bonchev–Trinajstić information content (AvgIpc) is 3.05. The summed E-state index contributed by atoms with van der Waals surface area (Å²) in [6, 6.07) is 0. The first-order chi connectivity index (χ1) is 8.76. The van der Waals surface area contributed by atoms with Crippen LogP contribution in [0.15, 0.2) is 11.1 Å². The van der Waals surface area contributed by atoms with Gasteiger partial charge in [0, 0.05) is 0 Å². The van der Waals surface area contributed by atoms with Crippen molar-refractivity contribution >= 4 is 5.97 Å². The van der Waals surface area contributed by atoms with Crippen LogP contribution in [0.4, 0.5) is 0 Å². The summed E-state index contributed by atoms with van der Waals surface area (Å²) >= 11 is 0. The molecule has 0 bridgehead atoms. The molecule has 2 nitrogen and oxygen atoms in total. The highest BCUT2D eigenvalue weighted by Crippen LogP contribution is 2.48. The molecule has 0 heterocycles. The van der Waals surface area contributed by atoms with Crippen molar-refractivity contribution in [3.8, 4) is 0 Å². The first kappa shape index (κ1) is 15.3. The molecule has 0 amide bonds. The van der Waals surface area contributed by atoms with Crippen LogP contribution in [0, 0.1) is 5.92 Å². The predicted octanol–water partition coefficient (Wildman–Crippen LogP) is 4.59. The van der Waals surface area contributed by atoms with Gasteiger partial charge in [0.25, 0.3) is 0 Å². The van der Waals surface area contributed by atoms with Gasteiger partial charge in [0.1, 0.15) is 5.92 Å². The second-order valence-electron chi connectivity index (χ2n) is 4.97. The summed E-state index contributed by atoms with van der Waals surface area (Å²) in [5, 5.41) is 0. The van der Waals surface area contributed by atoms with Crippen molar-refractivity contribution in [2.75, 3.05) is 6.61 Å². The first-order valence-electron chi connectivity index (χ1n) is 7.53. The van der Waals surface area contributed by atoms with Crippen molar-refractivity contribution < 1.29 is 9.53 Å². The van der Waals surface area contributed by atoms with Crippen LogP contribution in [0.5, 0.6) is 0 Å². The van der Waals surface area contributed by atoms with E-state index in [0.717, 1.165) is 18.8 Å². The topological polar surface area (TPSA) is 26.3 Å². The largest absolute Gasteiger partial charge is 0.465 e. The summed E-state index contributed by atoms with van der Waals surface area (Å²) in [7, 11) is 0. The lowest BCUT2D eigenvalue weighted by atomic mass is 10.1. The smallest absolute Gasteiger partial charge is 0.322 e. The van der Waals surface area contributed by atoms with Gasteiger partial charge in [-0.05, 0) is 43.8 Å². The van der Waals surface area contributed by atoms with E-state index in [2.05, 4.69) is 13.8 Å². The molecule has 1 rings (SSSR count). The number of carbonyl (C=O) groups is 1. The molecule has 0 aliphatic heterocycles. The van der Waals surface area contributed by atoms with Gasteiger partial charge in [0.05, 0.1) is 6.61 Å². The Labute approximate surface area is 112 Å². The van der Waals surface area contributed by atoms with E-state index in [9.17, 15) is 4.79 Å². The fraction of sp³-hybridized carbons (Fsp3) is 0.750. The number of carbonyl (C=O) groups excluding carboxylic acids is 1. The Hall–Kier alpha value is -0.790.